The molecule has 7 N–H and O–H groups in total. The van der Waals surface area contributed by atoms with Crippen molar-refractivity contribution in [2.24, 2.45) is 0 Å². The highest BCUT2D eigenvalue weighted by Gasteiger charge is 2.46. The second-order valence-corrected chi connectivity index (χ2v) is 20.2. The Labute approximate surface area is 419 Å². The van der Waals surface area contributed by atoms with Crippen molar-refractivity contribution in [1.82, 2.24) is 9.55 Å². The number of phosphoric acid groups is 2. The van der Waals surface area contributed by atoms with Crippen molar-refractivity contribution in [3.8, 4) is 0 Å². The zero-order chi connectivity index (χ0) is 52.2. The lowest BCUT2D eigenvalue weighted by Crippen LogP contribution is -2.36. The lowest BCUT2D eigenvalue weighted by atomic mass is 10.1. The van der Waals surface area contributed by atoms with Crippen LogP contribution in [-0.2, 0) is 46.3 Å². The molecular formula is C50H81N3O16P2. The lowest BCUT2D eigenvalue weighted by molar-refractivity contribution is -0.161. The normalized spacial score (nSPS) is 20.2. The highest BCUT2D eigenvalue weighted by Crippen LogP contribution is 2.60. The van der Waals surface area contributed by atoms with E-state index in [2.05, 4.69) is 59.6 Å². The monoisotopic (exact) mass is 1040 g/mol. The number of allylic oxidation sites excluding steroid dienone is 10. The number of nitrogen functional groups attached to an aromatic ring is 1. The van der Waals surface area contributed by atoms with E-state index < -0.39 is 89.8 Å². The number of aromatic nitrogens is 2. The van der Waals surface area contributed by atoms with Gasteiger partial charge in [0.25, 0.3) is 0 Å². The highest BCUT2D eigenvalue weighted by atomic mass is 31.3. The smallest absolute Gasteiger partial charge is 0.462 e. The molecule has 0 aromatic carbocycles. The minimum Gasteiger partial charge on any atom is -0.462 e. The summed E-state index contributed by atoms with van der Waals surface area (Å²) in [6.45, 7) is 1.94. The van der Waals surface area contributed by atoms with Gasteiger partial charge in [-0.3, -0.25) is 23.2 Å². The Kier molecular flexibility index (Phi) is 33.7. The molecule has 1 saturated heterocycles. The molecule has 0 spiro atoms. The zero-order valence-corrected chi connectivity index (χ0v) is 43.4. The third-order valence-electron chi connectivity index (χ3n) is 10.9. The van der Waals surface area contributed by atoms with Crippen molar-refractivity contribution in [1.29, 1.82) is 0 Å². The maximum absolute atomic E-state index is 12.8. The Morgan fingerprint density at radius 1 is 0.746 bits per heavy atom. The van der Waals surface area contributed by atoms with Crippen molar-refractivity contribution in [2.45, 2.75) is 185 Å². The lowest BCUT2D eigenvalue weighted by Gasteiger charge is -2.21. The molecule has 3 unspecified atom stereocenters. The number of anilines is 1. The Hall–Kier alpha value is -3.84. The van der Waals surface area contributed by atoms with Crippen LogP contribution in [-0.4, -0.2) is 96.9 Å². The predicted molar refractivity (Wildman–Crippen MR) is 271 cm³/mol. The number of ether oxygens (including phenoxy) is 3. The number of nitrogens with two attached hydrogens (primary N) is 1. The number of unbranched alkanes of at least 4 members (excludes halogenated alkanes) is 13. The first-order valence-corrected chi connectivity index (χ1v) is 28.1. The predicted octanol–water partition coefficient (Wildman–Crippen LogP) is 9.08. The first-order chi connectivity index (χ1) is 34.1. The third kappa shape index (κ3) is 30.7. The van der Waals surface area contributed by atoms with Gasteiger partial charge in [0, 0.05) is 19.0 Å². The summed E-state index contributed by atoms with van der Waals surface area (Å²) in [5.41, 5.74) is 4.57. The number of aliphatic hydroxyl groups is 3. The summed E-state index contributed by atoms with van der Waals surface area (Å²) in [4.78, 5) is 61.8. The van der Waals surface area contributed by atoms with Gasteiger partial charge in [0.15, 0.2) is 12.3 Å². The summed E-state index contributed by atoms with van der Waals surface area (Å²) >= 11 is 0. The van der Waals surface area contributed by atoms with Crippen molar-refractivity contribution in [3.05, 3.63) is 95.7 Å². The van der Waals surface area contributed by atoms with Gasteiger partial charge in [-0.2, -0.15) is 9.29 Å². The van der Waals surface area contributed by atoms with Crippen LogP contribution < -0.4 is 11.4 Å². The van der Waals surface area contributed by atoms with E-state index in [1.807, 2.05) is 18.2 Å². The van der Waals surface area contributed by atoms with Crippen LogP contribution in [0.2, 0.25) is 0 Å². The van der Waals surface area contributed by atoms with Gasteiger partial charge < -0.3 is 45.1 Å². The molecule has 1 aromatic rings. The van der Waals surface area contributed by atoms with E-state index in [4.69, 9.17) is 29.0 Å². The topological polar surface area (TPSA) is 286 Å². The minimum absolute atomic E-state index is 0.000150. The second-order valence-electron chi connectivity index (χ2n) is 17.2. The van der Waals surface area contributed by atoms with Gasteiger partial charge in [0.1, 0.15) is 30.7 Å². The van der Waals surface area contributed by atoms with E-state index in [0.717, 1.165) is 62.1 Å². The number of hydrogen-bond donors (Lipinski definition) is 6. The van der Waals surface area contributed by atoms with Crippen LogP contribution in [0.15, 0.2) is 90.0 Å². The number of esters is 2. The van der Waals surface area contributed by atoms with Crippen molar-refractivity contribution < 1.29 is 71.4 Å². The number of carbonyl (C=O) groups excluding carboxylic acids is 2. The molecule has 2 heterocycles. The quantitative estimate of drug-likeness (QED) is 0.0117. The molecule has 19 nitrogen and oxygen atoms in total. The third-order valence-corrected chi connectivity index (χ3v) is 13.5. The van der Waals surface area contributed by atoms with Crippen LogP contribution in [0, 0.1) is 0 Å². The van der Waals surface area contributed by atoms with E-state index >= 15 is 0 Å². The maximum Gasteiger partial charge on any atom is 0.481 e. The van der Waals surface area contributed by atoms with E-state index in [-0.39, 0.29) is 18.7 Å². The summed E-state index contributed by atoms with van der Waals surface area (Å²) < 4.78 is 56.6. The maximum atomic E-state index is 12.8. The molecule has 0 saturated carbocycles. The van der Waals surface area contributed by atoms with E-state index in [0.29, 0.717) is 25.7 Å². The summed E-state index contributed by atoms with van der Waals surface area (Å²) in [5, 5.41) is 31.1. The standard InChI is InChI=1S/C50H81N3O16P2/c1-3-5-7-9-11-13-14-15-16-17-18-20-22-26-31-35-46(56)67-42(38-64-45(55)34-30-27-23-25-29-33-41(54)32-28-24-21-19-12-10-8-6-4-2)39-65-70(60,61)69-71(62,63)66-40-43-47(57)48(58)49(68-43)53-37-36-44(51)52-50(53)59/h12-16,19,23-25,28-29,33,36-37,41-43,47-49,54,57-58H,3-11,17-18,20-22,26-27,30-32,34-35,38-40H2,1-2H3,(H,60,61)(H,62,63)(H2,51,52,59)/b14-13-,16-15-,19-12-,25-23+,28-24-,33-29-/t41?,42-,43-,47-,48-,49-/m1/s1. The van der Waals surface area contributed by atoms with E-state index in [1.54, 1.807) is 18.2 Å². The van der Waals surface area contributed by atoms with Crippen molar-refractivity contribution >= 4 is 33.4 Å². The fraction of sp³-hybridized carbons (Fsp3) is 0.640. The van der Waals surface area contributed by atoms with Crippen LogP contribution in [0.5, 0.6) is 0 Å². The van der Waals surface area contributed by atoms with Crippen molar-refractivity contribution in [3.63, 3.8) is 0 Å². The largest absolute Gasteiger partial charge is 0.481 e. The van der Waals surface area contributed by atoms with Gasteiger partial charge in [-0.1, -0.05) is 138 Å². The number of carbonyl (C=O) groups is 2. The van der Waals surface area contributed by atoms with E-state index in [9.17, 15) is 48.6 Å². The molecule has 71 heavy (non-hydrogen) atoms. The van der Waals surface area contributed by atoms with Crippen LogP contribution in [0.1, 0.15) is 155 Å². The Balaban J connectivity index is 1.87. The van der Waals surface area contributed by atoms with Gasteiger partial charge in [0.05, 0.1) is 19.3 Å². The Morgan fingerprint density at radius 3 is 2.03 bits per heavy atom. The number of aliphatic hydroxyl groups excluding tert-OH is 3. The molecule has 0 radical (unpaired) electrons. The van der Waals surface area contributed by atoms with Gasteiger partial charge in [-0.25, -0.2) is 13.9 Å². The van der Waals surface area contributed by atoms with Crippen molar-refractivity contribution in [2.75, 3.05) is 25.6 Å². The highest BCUT2D eigenvalue weighted by molar-refractivity contribution is 7.61. The Morgan fingerprint density at radius 2 is 1.32 bits per heavy atom. The zero-order valence-electron chi connectivity index (χ0n) is 41.6. The minimum atomic E-state index is -5.46. The fourth-order valence-corrected chi connectivity index (χ4v) is 9.02. The summed E-state index contributed by atoms with van der Waals surface area (Å²) in [6, 6.07) is 1.24. The molecule has 402 valence electrons. The van der Waals surface area contributed by atoms with Crippen LogP contribution in [0.25, 0.3) is 0 Å². The van der Waals surface area contributed by atoms with Gasteiger partial charge >= 0.3 is 33.3 Å². The van der Waals surface area contributed by atoms with Gasteiger partial charge in [-0.05, 0) is 76.7 Å². The fourth-order valence-electron chi connectivity index (χ4n) is 6.90. The summed E-state index contributed by atoms with van der Waals surface area (Å²) in [6.07, 6.45) is 34.4. The Bertz CT molecular complexity index is 1990. The average Bonchev–Trinajstić information content (AvgIpc) is 3.60. The molecule has 8 atom stereocenters. The van der Waals surface area contributed by atoms with Crippen LogP contribution in [0.3, 0.4) is 0 Å². The number of nitrogens with zero attached hydrogens (tertiary/aromatic N) is 2. The summed E-state index contributed by atoms with van der Waals surface area (Å²) in [7, 11) is -10.9. The SMILES string of the molecule is CCCCC/C=C\C/C=C\CC(O)/C=C\C=C\CCCC(=O)OC[C@H](COP(=O)(O)OP(=O)(O)OC[C@H]1O[C@@H](n2ccc(N)nc2=O)[C@H](O)[C@@H]1O)OC(=O)CCCCCCC/C=C\C=C/CCCCCC. The first kappa shape index (κ1) is 63.3. The molecule has 2 rings (SSSR count). The molecule has 0 bridgehead atoms. The second kappa shape index (κ2) is 37.8. The van der Waals surface area contributed by atoms with Gasteiger partial charge in [0.2, 0.25) is 0 Å². The molecule has 21 heteroatoms. The molecule has 0 amide bonds. The molecule has 1 aromatic heterocycles. The average molecular weight is 1040 g/mol. The number of rotatable bonds is 40. The molecule has 1 fully saturated rings. The number of hydrogen-bond acceptors (Lipinski definition) is 16. The molecule has 1 aliphatic heterocycles. The molecular weight excluding hydrogens is 961 g/mol. The first-order valence-electron chi connectivity index (χ1n) is 25.1. The molecule has 1 aliphatic rings. The van der Waals surface area contributed by atoms with Crippen LogP contribution in [0.4, 0.5) is 5.82 Å². The van der Waals surface area contributed by atoms with Gasteiger partial charge in [-0.15, -0.1) is 0 Å². The van der Waals surface area contributed by atoms with Crippen LogP contribution >= 0.6 is 15.6 Å². The van der Waals surface area contributed by atoms with E-state index in [1.165, 1.54) is 51.0 Å². The molecule has 0 aliphatic carbocycles. The summed E-state index contributed by atoms with van der Waals surface area (Å²) in [5.74, 6) is -1.46. The number of phosphoric ester groups is 2.